The Morgan fingerprint density at radius 2 is 2.21 bits per heavy atom. The van der Waals surface area contributed by atoms with Crippen molar-refractivity contribution in [2.24, 2.45) is 11.8 Å². The molecular formula is C11H17NO2. The number of hydrogen-bond donors (Lipinski definition) is 1. The lowest BCUT2D eigenvalue weighted by Crippen LogP contribution is -2.13. The van der Waals surface area contributed by atoms with Crippen molar-refractivity contribution in [2.75, 3.05) is 6.61 Å². The van der Waals surface area contributed by atoms with E-state index in [-0.39, 0.29) is 24.2 Å². The van der Waals surface area contributed by atoms with Gasteiger partial charge >= 0.3 is 0 Å². The van der Waals surface area contributed by atoms with Crippen molar-refractivity contribution in [3.05, 3.63) is 0 Å². The smallest absolute Gasteiger partial charge is 0.137 e. The van der Waals surface area contributed by atoms with Crippen molar-refractivity contribution in [1.82, 2.24) is 0 Å². The summed E-state index contributed by atoms with van der Waals surface area (Å²) in [5.74, 6) is 0.205. The van der Waals surface area contributed by atoms with Crippen molar-refractivity contribution < 1.29 is 9.90 Å². The molecule has 0 spiro atoms. The van der Waals surface area contributed by atoms with Gasteiger partial charge in [-0.2, -0.15) is 5.26 Å². The minimum atomic E-state index is -0.0448. The average molecular weight is 195 g/mol. The van der Waals surface area contributed by atoms with Crippen LogP contribution in [0.1, 0.15) is 38.5 Å². The second kappa shape index (κ2) is 5.77. The first-order valence-corrected chi connectivity index (χ1v) is 5.32. The number of hydrogen-bond acceptors (Lipinski definition) is 3. The van der Waals surface area contributed by atoms with Crippen LogP contribution in [0.25, 0.3) is 0 Å². The first kappa shape index (κ1) is 11.2. The minimum absolute atomic E-state index is 0.0151. The van der Waals surface area contributed by atoms with Crippen LogP contribution in [0.4, 0.5) is 0 Å². The maximum Gasteiger partial charge on any atom is 0.137 e. The monoisotopic (exact) mass is 195 g/mol. The molecule has 0 heterocycles. The molecule has 1 fully saturated rings. The van der Waals surface area contributed by atoms with E-state index in [1.807, 2.05) is 0 Å². The van der Waals surface area contributed by atoms with E-state index in [1.165, 1.54) is 0 Å². The fraction of sp³-hybridized carbons (Fsp3) is 0.818. The summed E-state index contributed by atoms with van der Waals surface area (Å²) in [6.45, 7) is 0.223. The van der Waals surface area contributed by atoms with Gasteiger partial charge in [0.25, 0.3) is 0 Å². The maximum absolute atomic E-state index is 11.4. The van der Waals surface area contributed by atoms with Gasteiger partial charge in [0.2, 0.25) is 0 Å². The number of rotatable bonds is 5. The van der Waals surface area contributed by atoms with Crippen LogP contribution in [0.2, 0.25) is 0 Å². The fourth-order valence-corrected chi connectivity index (χ4v) is 2.08. The average Bonchev–Trinajstić information content (AvgIpc) is 2.55. The van der Waals surface area contributed by atoms with Gasteiger partial charge in [0.15, 0.2) is 0 Å². The number of nitriles is 1. The van der Waals surface area contributed by atoms with Crippen molar-refractivity contribution in [2.45, 2.75) is 38.5 Å². The van der Waals surface area contributed by atoms with Gasteiger partial charge < -0.3 is 5.11 Å². The van der Waals surface area contributed by atoms with Crippen LogP contribution in [0, 0.1) is 23.2 Å². The van der Waals surface area contributed by atoms with Gasteiger partial charge in [-0.25, -0.2) is 0 Å². The Balaban J connectivity index is 2.27. The van der Waals surface area contributed by atoms with Gasteiger partial charge in [0.05, 0.1) is 12.0 Å². The lowest BCUT2D eigenvalue weighted by Gasteiger charge is -2.10. The summed E-state index contributed by atoms with van der Waals surface area (Å²) >= 11 is 0. The zero-order valence-corrected chi connectivity index (χ0v) is 8.41. The van der Waals surface area contributed by atoms with Crippen LogP contribution in [0.5, 0.6) is 0 Å². The zero-order chi connectivity index (χ0) is 10.4. The Morgan fingerprint density at radius 3 is 2.86 bits per heavy atom. The van der Waals surface area contributed by atoms with E-state index in [2.05, 4.69) is 6.07 Å². The van der Waals surface area contributed by atoms with E-state index in [4.69, 9.17) is 10.4 Å². The Bertz CT molecular complexity index is 232. The number of nitrogens with zero attached hydrogens (tertiary/aromatic N) is 1. The quantitative estimate of drug-likeness (QED) is 0.678. The molecule has 0 aromatic carbocycles. The predicted octanol–water partition coefficient (Wildman–Crippen LogP) is 1.66. The van der Waals surface area contributed by atoms with Gasteiger partial charge in [-0.15, -0.1) is 0 Å². The summed E-state index contributed by atoms with van der Waals surface area (Å²) in [6.07, 6.45) is 4.88. The number of Topliss-reactive ketones (excluding diaryl/α,β-unsaturated/α-hetero) is 1. The molecule has 0 radical (unpaired) electrons. The number of unbranched alkanes of at least 4 members (excludes halogenated alkanes) is 2. The highest BCUT2D eigenvalue weighted by molar-refractivity contribution is 5.83. The molecule has 0 aromatic rings. The van der Waals surface area contributed by atoms with Gasteiger partial charge in [0.1, 0.15) is 5.78 Å². The minimum Gasteiger partial charge on any atom is -0.396 e. The third-order valence-electron chi connectivity index (χ3n) is 2.94. The van der Waals surface area contributed by atoms with E-state index < -0.39 is 0 Å². The molecule has 0 aromatic heterocycles. The molecule has 3 heteroatoms. The molecule has 2 unspecified atom stereocenters. The van der Waals surface area contributed by atoms with Gasteiger partial charge in [-0.3, -0.25) is 4.79 Å². The first-order valence-electron chi connectivity index (χ1n) is 5.32. The first-order chi connectivity index (χ1) is 6.79. The summed E-state index contributed by atoms with van der Waals surface area (Å²) in [5.41, 5.74) is 0. The lowest BCUT2D eigenvalue weighted by atomic mass is 9.91. The molecule has 14 heavy (non-hydrogen) atoms. The maximum atomic E-state index is 11.4. The molecule has 1 aliphatic carbocycles. The largest absolute Gasteiger partial charge is 0.396 e. The molecule has 0 saturated heterocycles. The fourth-order valence-electron chi connectivity index (χ4n) is 2.08. The number of carbonyl (C=O) groups is 1. The zero-order valence-electron chi connectivity index (χ0n) is 8.41. The highest BCUT2D eigenvalue weighted by Crippen LogP contribution is 2.31. The molecule has 2 atom stereocenters. The summed E-state index contributed by atoms with van der Waals surface area (Å²) < 4.78 is 0. The van der Waals surface area contributed by atoms with Crippen LogP contribution in [-0.4, -0.2) is 17.5 Å². The highest BCUT2D eigenvalue weighted by atomic mass is 16.2. The molecule has 0 bridgehead atoms. The normalized spacial score (nSPS) is 26.4. The SMILES string of the molecule is N#CC1CCC(=O)C1CCCCCO. The molecular weight excluding hydrogens is 178 g/mol. The molecule has 78 valence electrons. The molecule has 0 amide bonds. The van der Waals surface area contributed by atoms with Crippen molar-refractivity contribution in [1.29, 1.82) is 5.26 Å². The molecule has 1 saturated carbocycles. The summed E-state index contributed by atoms with van der Waals surface area (Å²) in [4.78, 5) is 11.4. The number of aliphatic hydroxyl groups excluding tert-OH is 1. The van der Waals surface area contributed by atoms with Crippen LogP contribution in [0.15, 0.2) is 0 Å². The topological polar surface area (TPSA) is 61.1 Å². The van der Waals surface area contributed by atoms with Crippen molar-refractivity contribution in [3.63, 3.8) is 0 Å². The van der Waals surface area contributed by atoms with Gasteiger partial charge in [-0.1, -0.05) is 12.8 Å². The summed E-state index contributed by atoms with van der Waals surface area (Å²) in [7, 11) is 0. The Morgan fingerprint density at radius 1 is 1.43 bits per heavy atom. The van der Waals surface area contributed by atoms with E-state index in [9.17, 15) is 4.79 Å². The van der Waals surface area contributed by atoms with Crippen molar-refractivity contribution in [3.8, 4) is 6.07 Å². The molecule has 1 N–H and O–H groups in total. The van der Waals surface area contributed by atoms with Crippen LogP contribution in [0.3, 0.4) is 0 Å². The molecule has 1 rings (SSSR count). The Labute approximate surface area is 84.7 Å². The van der Waals surface area contributed by atoms with E-state index in [0.717, 1.165) is 32.1 Å². The molecule has 1 aliphatic rings. The van der Waals surface area contributed by atoms with E-state index in [0.29, 0.717) is 6.42 Å². The van der Waals surface area contributed by atoms with Gasteiger partial charge in [-0.05, 0) is 19.3 Å². The summed E-state index contributed by atoms with van der Waals surface area (Å²) in [6, 6.07) is 2.22. The standard InChI is InChI=1S/C11H17NO2/c12-8-9-5-6-11(14)10(9)4-2-1-3-7-13/h9-10,13H,1-7H2. The predicted molar refractivity (Wildman–Crippen MR) is 52.4 cm³/mol. The second-order valence-corrected chi connectivity index (χ2v) is 3.92. The number of aliphatic hydroxyl groups is 1. The Kier molecular flexibility index (Phi) is 4.61. The summed E-state index contributed by atoms with van der Waals surface area (Å²) in [5, 5.41) is 17.4. The Hall–Kier alpha value is -0.880. The van der Waals surface area contributed by atoms with Crippen LogP contribution >= 0.6 is 0 Å². The van der Waals surface area contributed by atoms with Gasteiger partial charge in [0, 0.05) is 18.9 Å². The van der Waals surface area contributed by atoms with Crippen molar-refractivity contribution >= 4 is 5.78 Å². The molecule has 0 aliphatic heterocycles. The van der Waals surface area contributed by atoms with E-state index in [1.54, 1.807) is 0 Å². The number of carbonyl (C=O) groups excluding carboxylic acids is 1. The highest BCUT2D eigenvalue weighted by Gasteiger charge is 2.33. The van der Waals surface area contributed by atoms with Crippen LogP contribution < -0.4 is 0 Å². The second-order valence-electron chi connectivity index (χ2n) is 3.92. The van der Waals surface area contributed by atoms with Crippen LogP contribution in [-0.2, 0) is 4.79 Å². The molecule has 3 nitrogen and oxygen atoms in total. The van der Waals surface area contributed by atoms with E-state index >= 15 is 0 Å². The third kappa shape index (κ3) is 2.81. The number of ketones is 1. The lowest BCUT2D eigenvalue weighted by molar-refractivity contribution is -0.121. The third-order valence-corrected chi connectivity index (χ3v) is 2.94.